The number of benzene rings is 3. The van der Waals surface area contributed by atoms with Crippen LogP contribution in [0.15, 0.2) is 60.7 Å². The fraction of sp³-hybridized carbons (Fsp3) is 0.192. The van der Waals surface area contributed by atoms with Crippen LogP contribution in [-0.4, -0.2) is 21.5 Å². The van der Waals surface area contributed by atoms with E-state index in [9.17, 15) is 0 Å². The third kappa shape index (κ3) is 3.85. The fourth-order valence-electron chi connectivity index (χ4n) is 3.61. The highest BCUT2D eigenvalue weighted by Crippen LogP contribution is 2.33. The number of fused-ring (bicyclic) bond motifs is 1. The van der Waals surface area contributed by atoms with Gasteiger partial charge in [0.25, 0.3) is 0 Å². The summed E-state index contributed by atoms with van der Waals surface area (Å²) in [5, 5.41) is 14.4. The van der Waals surface area contributed by atoms with Gasteiger partial charge in [-0.05, 0) is 54.3 Å². The van der Waals surface area contributed by atoms with Gasteiger partial charge in [0, 0.05) is 36.6 Å². The summed E-state index contributed by atoms with van der Waals surface area (Å²) in [5.41, 5.74) is 5.77. The van der Waals surface area contributed by atoms with Gasteiger partial charge in [0.05, 0.1) is 5.52 Å². The van der Waals surface area contributed by atoms with Gasteiger partial charge in [0.15, 0.2) is 0 Å². The minimum Gasteiger partial charge on any atom is -0.396 e. The number of nitrogens with zero attached hydrogens (tertiary/aromatic N) is 2. The van der Waals surface area contributed by atoms with Crippen LogP contribution in [0.2, 0.25) is 0 Å². The number of aryl methyl sites for hydroxylation is 2. The molecule has 0 unspecified atom stereocenters. The molecular weight excluding hydrogens is 375 g/mol. The molecule has 150 valence electrons. The van der Waals surface area contributed by atoms with Gasteiger partial charge in [-0.25, -0.2) is 4.39 Å². The van der Waals surface area contributed by atoms with Crippen LogP contribution in [0.4, 0.5) is 4.39 Å². The summed E-state index contributed by atoms with van der Waals surface area (Å²) in [6, 6.07) is 19.1. The molecule has 0 aliphatic carbocycles. The summed E-state index contributed by atoms with van der Waals surface area (Å²) in [5.74, 6) is 5.91. The van der Waals surface area contributed by atoms with Crippen molar-refractivity contribution in [1.82, 2.24) is 9.78 Å². The molecule has 0 bridgehead atoms. The lowest BCUT2D eigenvalue weighted by Crippen LogP contribution is -1.92. The standard InChI is InChI=1S/C26H23FN2O/c1-18-11-13-23-25(16-18)29(2)28-26(23)22-14-12-20(17-24(22)27)21-10-6-5-9-19(21)8-4-3-7-15-30/h5-6,9-14,16-17,30H,3,7,15H2,1-2H3. The zero-order chi connectivity index (χ0) is 21.1. The van der Waals surface area contributed by atoms with Crippen LogP contribution in [0.3, 0.4) is 0 Å². The molecule has 4 aromatic rings. The van der Waals surface area contributed by atoms with Crippen LogP contribution in [0.25, 0.3) is 33.3 Å². The van der Waals surface area contributed by atoms with Gasteiger partial charge in [-0.1, -0.05) is 48.2 Å². The van der Waals surface area contributed by atoms with E-state index in [2.05, 4.69) is 23.0 Å². The van der Waals surface area contributed by atoms with Crippen molar-refractivity contribution in [3.05, 3.63) is 77.6 Å². The topological polar surface area (TPSA) is 38.1 Å². The van der Waals surface area contributed by atoms with E-state index in [1.807, 2.05) is 56.4 Å². The lowest BCUT2D eigenvalue weighted by molar-refractivity contribution is 0.290. The van der Waals surface area contributed by atoms with Crippen molar-refractivity contribution >= 4 is 10.9 Å². The highest BCUT2D eigenvalue weighted by Gasteiger charge is 2.15. The second kappa shape index (κ2) is 8.52. The summed E-state index contributed by atoms with van der Waals surface area (Å²) >= 11 is 0. The zero-order valence-corrected chi connectivity index (χ0v) is 17.1. The second-order valence-electron chi connectivity index (χ2n) is 7.36. The van der Waals surface area contributed by atoms with Gasteiger partial charge in [-0.15, -0.1) is 0 Å². The predicted molar refractivity (Wildman–Crippen MR) is 119 cm³/mol. The Balaban J connectivity index is 1.75. The maximum atomic E-state index is 15.2. The molecule has 3 aromatic carbocycles. The lowest BCUT2D eigenvalue weighted by atomic mass is 9.97. The molecule has 0 aliphatic rings. The lowest BCUT2D eigenvalue weighted by Gasteiger charge is -2.08. The molecular formula is C26H23FN2O. The van der Waals surface area contributed by atoms with E-state index in [0.29, 0.717) is 24.1 Å². The minimum absolute atomic E-state index is 0.130. The molecule has 1 heterocycles. The first-order chi connectivity index (χ1) is 14.6. The molecule has 0 atom stereocenters. The van der Waals surface area contributed by atoms with Crippen molar-refractivity contribution in [2.45, 2.75) is 19.8 Å². The van der Waals surface area contributed by atoms with E-state index in [0.717, 1.165) is 33.2 Å². The molecule has 0 aliphatic heterocycles. The predicted octanol–water partition coefficient (Wildman–Crippen LogP) is 5.48. The van der Waals surface area contributed by atoms with E-state index >= 15 is 4.39 Å². The molecule has 3 nitrogen and oxygen atoms in total. The van der Waals surface area contributed by atoms with Gasteiger partial charge < -0.3 is 5.11 Å². The van der Waals surface area contributed by atoms with Crippen LogP contribution in [-0.2, 0) is 7.05 Å². The number of hydrogen-bond donors (Lipinski definition) is 1. The molecule has 0 radical (unpaired) electrons. The average Bonchev–Trinajstić information content (AvgIpc) is 3.07. The first-order valence-electron chi connectivity index (χ1n) is 10.0. The average molecular weight is 398 g/mol. The zero-order valence-electron chi connectivity index (χ0n) is 17.1. The highest BCUT2D eigenvalue weighted by atomic mass is 19.1. The Hall–Kier alpha value is -3.42. The SMILES string of the molecule is Cc1ccc2c(-c3ccc(-c4ccccc4C#CCCCO)cc3F)nn(C)c2c1. The number of rotatable bonds is 4. The number of aromatic nitrogens is 2. The molecule has 0 fully saturated rings. The summed E-state index contributed by atoms with van der Waals surface area (Å²) < 4.78 is 17.0. The number of hydrogen-bond acceptors (Lipinski definition) is 2. The summed E-state index contributed by atoms with van der Waals surface area (Å²) in [6.07, 6.45) is 1.28. The van der Waals surface area contributed by atoms with E-state index in [-0.39, 0.29) is 12.4 Å². The number of unbranched alkanes of at least 4 members (excludes halogenated alkanes) is 1. The van der Waals surface area contributed by atoms with E-state index in [1.165, 1.54) is 0 Å². The van der Waals surface area contributed by atoms with Crippen molar-refractivity contribution in [3.63, 3.8) is 0 Å². The van der Waals surface area contributed by atoms with Gasteiger partial charge in [0.1, 0.15) is 11.5 Å². The first-order valence-corrected chi connectivity index (χ1v) is 10.0. The van der Waals surface area contributed by atoms with Crippen molar-refractivity contribution < 1.29 is 9.50 Å². The van der Waals surface area contributed by atoms with E-state index in [4.69, 9.17) is 5.11 Å². The van der Waals surface area contributed by atoms with Crippen LogP contribution >= 0.6 is 0 Å². The normalized spacial score (nSPS) is 10.8. The molecule has 0 saturated carbocycles. The molecule has 0 saturated heterocycles. The van der Waals surface area contributed by atoms with Crippen molar-refractivity contribution in [1.29, 1.82) is 0 Å². The quantitative estimate of drug-likeness (QED) is 0.365. The highest BCUT2D eigenvalue weighted by molar-refractivity contribution is 5.94. The largest absolute Gasteiger partial charge is 0.396 e. The molecule has 0 amide bonds. The van der Waals surface area contributed by atoms with Gasteiger partial charge in [0.2, 0.25) is 0 Å². The van der Waals surface area contributed by atoms with Crippen LogP contribution in [0.1, 0.15) is 24.0 Å². The Bertz CT molecular complexity index is 1280. The molecule has 30 heavy (non-hydrogen) atoms. The molecule has 1 N–H and O–H groups in total. The number of halogens is 1. The Kier molecular flexibility index (Phi) is 5.65. The van der Waals surface area contributed by atoms with Crippen LogP contribution < -0.4 is 0 Å². The van der Waals surface area contributed by atoms with E-state index < -0.39 is 0 Å². The third-order valence-electron chi connectivity index (χ3n) is 5.15. The van der Waals surface area contributed by atoms with Gasteiger partial charge in [-0.2, -0.15) is 5.10 Å². The Labute approximate surface area is 175 Å². The van der Waals surface area contributed by atoms with Crippen molar-refractivity contribution in [2.75, 3.05) is 6.61 Å². The summed E-state index contributed by atoms with van der Waals surface area (Å²) in [6.45, 7) is 2.16. The van der Waals surface area contributed by atoms with E-state index in [1.54, 1.807) is 16.8 Å². The van der Waals surface area contributed by atoms with Gasteiger partial charge >= 0.3 is 0 Å². The third-order valence-corrected chi connectivity index (χ3v) is 5.15. The molecule has 1 aromatic heterocycles. The minimum atomic E-state index is -0.309. The maximum absolute atomic E-state index is 15.2. The number of aliphatic hydroxyl groups is 1. The maximum Gasteiger partial charge on any atom is 0.133 e. The Morgan fingerprint density at radius 2 is 1.87 bits per heavy atom. The summed E-state index contributed by atoms with van der Waals surface area (Å²) in [4.78, 5) is 0. The van der Waals surface area contributed by atoms with Crippen LogP contribution in [0, 0.1) is 24.6 Å². The fourth-order valence-corrected chi connectivity index (χ4v) is 3.61. The first kappa shape index (κ1) is 19.9. The second-order valence-corrected chi connectivity index (χ2v) is 7.36. The number of aliphatic hydroxyl groups excluding tert-OH is 1. The van der Waals surface area contributed by atoms with Gasteiger partial charge in [-0.3, -0.25) is 4.68 Å². The summed E-state index contributed by atoms with van der Waals surface area (Å²) in [7, 11) is 1.88. The van der Waals surface area contributed by atoms with Crippen LogP contribution in [0.5, 0.6) is 0 Å². The smallest absolute Gasteiger partial charge is 0.133 e. The van der Waals surface area contributed by atoms with Crippen molar-refractivity contribution in [3.8, 4) is 34.2 Å². The molecule has 0 spiro atoms. The monoisotopic (exact) mass is 398 g/mol. The molecule has 4 heteroatoms. The Morgan fingerprint density at radius 3 is 2.67 bits per heavy atom. The van der Waals surface area contributed by atoms with Crippen molar-refractivity contribution in [2.24, 2.45) is 7.05 Å². The molecule has 4 rings (SSSR count). The Morgan fingerprint density at radius 1 is 1.03 bits per heavy atom.